The lowest BCUT2D eigenvalue weighted by Crippen LogP contribution is -2.18. The zero-order chi connectivity index (χ0) is 9.72. The molecule has 0 aromatic heterocycles. The van der Waals surface area contributed by atoms with Crippen molar-refractivity contribution in [3.63, 3.8) is 0 Å². The summed E-state index contributed by atoms with van der Waals surface area (Å²) >= 11 is 2.67. The maximum atomic E-state index is 10.7. The molecule has 0 bridgehead atoms. The number of rotatable bonds is 4. The Morgan fingerprint density at radius 3 is 1.67 bits per heavy atom. The molecule has 1 amide bonds. The number of carbonyl (C=O) groups is 1. The molecular weight excluding hydrogens is 194 g/mol. The predicted octanol–water partition coefficient (Wildman–Crippen LogP) is 3.08. The van der Waals surface area contributed by atoms with E-state index < -0.39 is 6.09 Å². The van der Waals surface area contributed by atoms with Gasteiger partial charge >= 0.3 is 6.09 Å². The largest absolute Gasteiger partial charge is 0.464 e. The van der Waals surface area contributed by atoms with Gasteiger partial charge in [0, 0.05) is 10.5 Å². The minimum Gasteiger partial charge on any atom is -0.464 e. The van der Waals surface area contributed by atoms with Crippen molar-refractivity contribution in [3.05, 3.63) is 0 Å². The summed E-state index contributed by atoms with van der Waals surface area (Å²) in [5.41, 5.74) is 0. The summed E-state index contributed by atoms with van der Waals surface area (Å²) in [6.45, 7) is 7.89. The molecule has 0 aromatic rings. The first-order valence-corrected chi connectivity index (χ1v) is 5.47. The first-order valence-electron chi connectivity index (χ1n) is 3.80. The fourth-order valence-corrected chi connectivity index (χ4v) is 2.68. The molecule has 0 radical (unpaired) electrons. The first-order chi connectivity index (χ1) is 5.43. The van der Waals surface area contributed by atoms with E-state index in [-0.39, 0.29) is 0 Å². The Hall–Kier alpha value is -0.0300. The van der Waals surface area contributed by atoms with Crippen LogP contribution in [0.2, 0.25) is 0 Å². The van der Waals surface area contributed by atoms with E-state index >= 15 is 0 Å². The molecule has 0 saturated heterocycles. The second kappa shape index (κ2) is 5.59. The van der Waals surface area contributed by atoms with Crippen LogP contribution < -0.4 is 0 Å². The highest BCUT2D eigenvalue weighted by atomic mass is 32.2. The molecular formula is C7H15NO2S2. The van der Waals surface area contributed by atoms with Gasteiger partial charge in [0.1, 0.15) is 0 Å². The molecule has 3 nitrogen and oxygen atoms in total. The third-order valence-electron chi connectivity index (χ3n) is 0.769. The molecule has 0 atom stereocenters. The first kappa shape index (κ1) is 12.0. The highest BCUT2D eigenvalue weighted by Gasteiger charge is 2.16. The molecule has 0 heterocycles. The van der Waals surface area contributed by atoms with Gasteiger partial charge in [-0.25, -0.2) is 4.79 Å². The van der Waals surface area contributed by atoms with Gasteiger partial charge in [-0.2, -0.15) is 3.71 Å². The molecule has 0 rings (SSSR count). The minimum absolute atomic E-state index is 0.298. The molecule has 0 aliphatic carbocycles. The Morgan fingerprint density at radius 2 is 1.50 bits per heavy atom. The van der Waals surface area contributed by atoms with E-state index in [1.165, 1.54) is 27.6 Å². The predicted molar refractivity (Wildman–Crippen MR) is 55.3 cm³/mol. The van der Waals surface area contributed by atoms with Crippen molar-refractivity contribution in [2.75, 3.05) is 0 Å². The summed E-state index contributed by atoms with van der Waals surface area (Å²) in [5, 5.41) is 9.35. The average Bonchev–Trinajstić information content (AvgIpc) is 1.83. The van der Waals surface area contributed by atoms with Crippen LogP contribution in [-0.4, -0.2) is 25.4 Å². The SMILES string of the molecule is CC(C)SN(SC(C)C)C(=O)O. The smallest absolute Gasteiger partial charge is 0.427 e. The fourth-order valence-electron chi connectivity index (χ4n) is 0.498. The number of hydrogen-bond acceptors (Lipinski definition) is 3. The number of amides is 1. The summed E-state index contributed by atoms with van der Waals surface area (Å²) < 4.78 is 1.31. The molecule has 12 heavy (non-hydrogen) atoms. The highest BCUT2D eigenvalue weighted by molar-refractivity contribution is 8.13. The van der Waals surface area contributed by atoms with Crippen molar-refractivity contribution in [1.29, 1.82) is 0 Å². The lowest BCUT2D eigenvalue weighted by Gasteiger charge is -2.19. The van der Waals surface area contributed by atoms with Gasteiger partial charge in [-0.3, -0.25) is 0 Å². The number of carboxylic acid groups (broad SMARTS) is 1. The standard InChI is InChI=1S/C7H15NO2S2/c1-5(2)11-8(7(9)10)12-6(3)4/h5-6H,1-4H3,(H,9,10). The van der Waals surface area contributed by atoms with Gasteiger partial charge in [0.15, 0.2) is 0 Å². The molecule has 0 saturated carbocycles. The molecule has 0 unspecified atom stereocenters. The fraction of sp³-hybridized carbons (Fsp3) is 0.857. The van der Waals surface area contributed by atoms with Crippen LogP contribution in [0, 0.1) is 0 Å². The molecule has 5 heteroatoms. The lowest BCUT2D eigenvalue weighted by atomic mass is 10.6. The van der Waals surface area contributed by atoms with Gasteiger partial charge in [-0.05, 0) is 23.9 Å². The third-order valence-corrected chi connectivity index (χ3v) is 2.82. The maximum Gasteiger partial charge on any atom is 0.427 e. The number of nitrogens with zero attached hydrogens (tertiary/aromatic N) is 1. The van der Waals surface area contributed by atoms with Crippen LogP contribution in [0.25, 0.3) is 0 Å². The quantitative estimate of drug-likeness (QED) is 0.722. The van der Waals surface area contributed by atoms with Gasteiger partial charge in [0.2, 0.25) is 0 Å². The topological polar surface area (TPSA) is 40.5 Å². The zero-order valence-corrected chi connectivity index (χ0v) is 9.41. The van der Waals surface area contributed by atoms with Crippen LogP contribution in [0.15, 0.2) is 0 Å². The van der Waals surface area contributed by atoms with Gasteiger partial charge in [-0.1, -0.05) is 27.7 Å². The Bertz CT molecular complexity index is 140. The Morgan fingerprint density at radius 1 is 1.17 bits per heavy atom. The van der Waals surface area contributed by atoms with Crippen LogP contribution in [0.5, 0.6) is 0 Å². The monoisotopic (exact) mass is 209 g/mol. The molecule has 0 aliphatic heterocycles. The highest BCUT2D eigenvalue weighted by Crippen LogP contribution is 2.28. The molecule has 1 N–H and O–H groups in total. The summed E-state index contributed by atoms with van der Waals surface area (Å²) in [7, 11) is 0. The average molecular weight is 209 g/mol. The number of hydrogen-bond donors (Lipinski definition) is 1. The normalized spacial score (nSPS) is 10.8. The van der Waals surface area contributed by atoms with E-state index in [0.717, 1.165) is 0 Å². The molecule has 0 aromatic carbocycles. The summed E-state index contributed by atoms with van der Waals surface area (Å²) in [6, 6.07) is 0. The van der Waals surface area contributed by atoms with Crippen molar-refractivity contribution in [3.8, 4) is 0 Å². The van der Waals surface area contributed by atoms with E-state index in [0.29, 0.717) is 10.5 Å². The van der Waals surface area contributed by atoms with Crippen molar-refractivity contribution < 1.29 is 9.90 Å². The van der Waals surface area contributed by atoms with E-state index in [1.807, 2.05) is 27.7 Å². The van der Waals surface area contributed by atoms with E-state index in [1.54, 1.807) is 0 Å². The van der Waals surface area contributed by atoms with Crippen LogP contribution in [0.3, 0.4) is 0 Å². The van der Waals surface area contributed by atoms with Crippen molar-refractivity contribution >= 4 is 30.0 Å². The lowest BCUT2D eigenvalue weighted by molar-refractivity contribution is 0.190. The van der Waals surface area contributed by atoms with Crippen molar-refractivity contribution in [2.24, 2.45) is 0 Å². The van der Waals surface area contributed by atoms with Crippen molar-refractivity contribution in [1.82, 2.24) is 3.71 Å². The Kier molecular flexibility index (Phi) is 5.57. The molecule has 72 valence electrons. The Balaban J connectivity index is 3.96. The van der Waals surface area contributed by atoms with Crippen LogP contribution >= 0.6 is 23.9 Å². The van der Waals surface area contributed by atoms with Crippen LogP contribution in [-0.2, 0) is 0 Å². The van der Waals surface area contributed by atoms with E-state index in [2.05, 4.69) is 0 Å². The summed E-state index contributed by atoms with van der Waals surface area (Å²) in [5.74, 6) is 0. The second-order valence-corrected chi connectivity index (χ2v) is 6.12. The van der Waals surface area contributed by atoms with E-state index in [9.17, 15) is 4.79 Å². The van der Waals surface area contributed by atoms with Gasteiger partial charge < -0.3 is 5.11 Å². The minimum atomic E-state index is -0.882. The van der Waals surface area contributed by atoms with E-state index in [4.69, 9.17) is 5.11 Å². The Labute approximate surface area is 82.2 Å². The molecule has 0 fully saturated rings. The van der Waals surface area contributed by atoms with Crippen LogP contribution in [0.1, 0.15) is 27.7 Å². The zero-order valence-electron chi connectivity index (χ0n) is 7.77. The maximum absolute atomic E-state index is 10.7. The van der Waals surface area contributed by atoms with Gasteiger partial charge in [-0.15, -0.1) is 0 Å². The molecule has 0 spiro atoms. The van der Waals surface area contributed by atoms with Crippen LogP contribution in [0.4, 0.5) is 4.79 Å². The van der Waals surface area contributed by atoms with Gasteiger partial charge in [0.25, 0.3) is 0 Å². The van der Waals surface area contributed by atoms with Crippen molar-refractivity contribution in [2.45, 2.75) is 38.2 Å². The second-order valence-electron chi connectivity index (χ2n) is 2.85. The molecule has 0 aliphatic rings. The summed E-state index contributed by atoms with van der Waals surface area (Å²) in [4.78, 5) is 10.7. The van der Waals surface area contributed by atoms with Gasteiger partial charge in [0.05, 0.1) is 0 Å². The third kappa shape index (κ3) is 5.60. The summed E-state index contributed by atoms with van der Waals surface area (Å²) in [6.07, 6.45) is -0.882.